The van der Waals surface area contributed by atoms with Gasteiger partial charge < -0.3 is 10.5 Å². The number of aromatic nitrogens is 2. The standard InChI is InChI=1S/C8H13N3O/c1-2-11-8(9)6-5-12-4-3-7(6)10-11/h2-5,9H2,1H3. The number of nitrogens with zero attached hydrogens (tertiary/aromatic N) is 2. The van der Waals surface area contributed by atoms with Gasteiger partial charge in [-0.1, -0.05) is 0 Å². The summed E-state index contributed by atoms with van der Waals surface area (Å²) in [6.45, 7) is 4.27. The molecular formula is C8H13N3O. The van der Waals surface area contributed by atoms with Gasteiger partial charge in [0.25, 0.3) is 0 Å². The van der Waals surface area contributed by atoms with E-state index in [1.54, 1.807) is 0 Å². The largest absolute Gasteiger partial charge is 0.384 e. The number of hydrogen-bond acceptors (Lipinski definition) is 3. The first-order valence-electron chi connectivity index (χ1n) is 4.24. The molecule has 12 heavy (non-hydrogen) atoms. The monoisotopic (exact) mass is 167 g/mol. The predicted octanol–water partition coefficient (Wildman–Crippen LogP) is 0.558. The van der Waals surface area contributed by atoms with Crippen molar-refractivity contribution in [1.82, 2.24) is 9.78 Å². The zero-order valence-electron chi connectivity index (χ0n) is 7.21. The normalized spacial score (nSPS) is 16.1. The van der Waals surface area contributed by atoms with Gasteiger partial charge in [0.15, 0.2) is 0 Å². The van der Waals surface area contributed by atoms with Crippen LogP contribution in [0.25, 0.3) is 0 Å². The van der Waals surface area contributed by atoms with E-state index in [0.29, 0.717) is 6.61 Å². The molecule has 0 aromatic carbocycles. The summed E-state index contributed by atoms with van der Waals surface area (Å²) in [5, 5.41) is 4.38. The Morgan fingerprint density at radius 3 is 3.17 bits per heavy atom. The summed E-state index contributed by atoms with van der Waals surface area (Å²) in [7, 11) is 0. The highest BCUT2D eigenvalue weighted by Gasteiger charge is 2.17. The number of rotatable bonds is 1. The van der Waals surface area contributed by atoms with Gasteiger partial charge in [-0.15, -0.1) is 0 Å². The first kappa shape index (κ1) is 7.61. The Balaban J connectivity index is 2.44. The Kier molecular flexibility index (Phi) is 1.77. The average molecular weight is 167 g/mol. The number of nitrogen functional groups attached to an aromatic ring is 1. The van der Waals surface area contributed by atoms with Crippen molar-refractivity contribution in [1.29, 1.82) is 0 Å². The van der Waals surface area contributed by atoms with Crippen molar-refractivity contribution in [2.45, 2.75) is 26.5 Å². The third-order valence-electron chi connectivity index (χ3n) is 2.21. The minimum Gasteiger partial charge on any atom is -0.384 e. The lowest BCUT2D eigenvalue weighted by atomic mass is 10.1. The first-order chi connectivity index (χ1) is 5.83. The van der Waals surface area contributed by atoms with Crippen LogP contribution >= 0.6 is 0 Å². The van der Waals surface area contributed by atoms with E-state index in [4.69, 9.17) is 10.5 Å². The quantitative estimate of drug-likeness (QED) is 0.664. The van der Waals surface area contributed by atoms with Crippen LogP contribution in [0, 0.1) is 0 Å². The smallest absolute Gasteiger partial charge is 0.127 e. The van der Waals surface area contributed by atoms with Gasteiger partial charge in [-0.3, -0.25) is 0 Å². The zero-order chi connectivity index (χ0) is 8.55. The lowest BCUT2D eigenvalue weighted by Crippen LogP contribution is -2.09. The van der Waals surface area contributed by atoms with Crippen LogP contribution in [0.5, 0.6) is 0 Å². The lowest BCUT2D eigenvalue weighted by molar-refractivity contribution is 0.110. The zero-order valence-corrected chi connectivity index (χ0v) is 7.21. The highest BCUT2D eigenvalue weighted by Crippen LogP contribution is 2.21. The third kappa shape index (κ3) is 0.992. The van der Waals surface area contributed by atoms with Gasteiger partial charge in [0.05, 0.1) is 18.9 Å². The van der Waals surface area contributed by atoms with Gasteiger partial charge in [-0.25, -0.2) is 4.68 Å². The molecule has 0 atom stereocenters. The Morgan fingerprint density at radius 2 is 2.50 bits per heavy atom. The summed E-state index contributed by atoms with van der Waals surface area (Å²) in [5.74, 6) is 0.771. The van der Waals surface area contributed by atoms with E-state index >= 15 is 0 Å². The van der Waals surface area contributed by atoms with E-state index in [9.17, 15) is 0 Å². The number of fused-ring (bicyclic) bond motifs is 1. The van der Waals surface area contributed by atoms with Crippen LogP contribution in [-0.4, -0.2) is 16.4 Å². The van der Waals surface area contributed by atoms with Crippen LogP contribution in [-0.2, 0) is 24.3 Å². The summed E-state index contributed by atoms with van der Waals surface area (Å²) in [4.78, 5) is 0. The van der Waals surface area contributed by atoms with Crippen LogP contribution in [0.1, 0.15) is 18.2 Å². The molecule has 0 saturated carbocycles. The summed E-state index contributed by atoms with van der Waals surface area (Å²) < 4.78 is 7.13. The van der Waals surface area contributed by atoms with Crippen LogP contribution in [0.15, 0.2) is 0 Å². The van der Waals surface area contributed by atoms with Crippen molar-refractivity contribution < 1.29 is 4.74 Å². The molecule has 2 heterocycles. The number of anilines is 1. The highest BCUT2D eigenvalue weighted by molar-refractivity contribution is 5.43. The summed E-state index contributed by atoms with van der Waals surface area (Å²) >= 11 is 0. The molecule has 0 amide bonds. The van der Waals surface area contributed by atoms with E-state index in [1.807, 2.05) is 11.6 Å². The maximum Gasteiger partial charge on any atom is 0.127 e. The molecule has 2 N–H and O–H groups in total. The molecule has 0 bridgehead atoms. The van der Waals surface area contributed by atoms with Crippen LogP contribution < -0.4 is 5.73 Å². The topological polar surface area (TPSA) is 53.1 Å². The number of nitrogens with two attached hydrogens (primary N) is 1. The van der Waals surface area contributed by atoms with Crippen molar-refractivity contribution in [3.63, 3.8) is 0 Å². The van der Waals surface area contributed by atoms with Gasteiger partial charge in [-0.2, -0.15) is 5.10 Å². The predicted molar refractivity (Wildman–Crippen MR) is 45.7 cm³/mol. The van der Waals surface area contributed by atoms with E-state index in [2.05, 4.69) is 5.10 Å². The van der Waals surface area contributed by atoms with Gasteiger partial charge in [-0.05, 0) is 6.92 Å². The summed E-state index contributed by atoms with van der Waals surface area (Å²) in [6.07, 6.45) is 0.895. The first-order valence-corrected chi connectivity index (χ1v) is 4.24. The molecular weight excluding hydrogens is 154 g/mol. The fourth-order valence-corrected chi connectivity index (χ4v) is 1.51. The Hall–Kier alpha value is -1.03. The third-order valence-corrected chi connectivity index (χ3v) is 2.21. The number of hydrogen-bond donors (Lipinski definition) is 1. The minimum atomic E-state index is 0.626. The molecule has 0 radical (unpaired) electrons. The van der Waals surface area contributed by atoms with E-state index < -0.39 is 0 Å². The van der Waals surface area contributed by atoms with Gasteiger partial charge in [0.1, 0.15) is 5.82 Å². The molecule has 1 aliphatic heterocycles. The number of aryl methyl sites for hydroxylation is 1. The fraction of sp³-hybridized carbons (Fsp3) is 0.625. The highest BCUT2D eigenvalue weighted by atomic mass is 16.5. The molecule has 4 heteroatoms. The van der Waals surface area contributed by atoms with E-state index in [0.717, 1.165) is 36.6 Å². The lowest BCUT2D eigenvalue weighted by Gasteiger charge is -2.10. The molecule has 1 aromatic heterocycles. The van der Waals surface area contributed by atoms with Crippen LogP contribution in [0.3, 0.4) is 0 Å². The molecule has 0 unspecified atom stereocenters. The second-order valence-corrected chi connectivity index (χ2v) is 2.93. The van der Waals surface area contributed by atoms with Crippen molar-refractivity contribution in [2.75, 3.05) is 12.3 Å². The van der Waals surface area contributed by atoms with Crippen LogP contribution in [0.4, 0.5) is 5.82 Å². The number of ether oxygens (including phenoxy) is 1. The fourth-order valence-electron chi connectivity index (χ4n) is 1.51. The van der Waals surface area contributed by atoms with Crippen molar-refractivity contribution in [3.05, 3.63) is 11.3 Å². The molecule has 66 valence electrons. The average Bonchev–Trinajstić information content (AvgIpc) is 2.44. The second kappa shape index (κ2) is 2.79. The molecule has 2 rings (SSSR count). The van der Waals surface area contributed by atoms with Crippen molar-refractivity contribution >= 4 is 5.82 Å². The Morgan fingerprint density at radius 1 is 1.67 bits per heavy atom. The molecule has 0 spiro atoms. The molecule has 4 nitrogen and oxygen atoms in total. The summed E-state index contributed by atoms with van der Waals surface area (Å²) in [6, 6.07) is 0. The Labute approximate surface area is 71.3 Å². The van der Waals surface area contributed by atoms with Crippen molar-refractivity contribution in [3.8, 4) is 0 Å². The van der Waals surface area contributed by atoms with Gasteiger partial charge in [0, 0.05) is 18.5 Å². The van der Waals surface area contributed by atoms with Crippen LogP contribution in [0.2, 0.25) is 0 Å². The van der Waals surface area contributed by atoms with Gasteiger partial charge in [0.2, 0.25) is 0 Å². The maximum atomic E-state index is 5.86. The maximum absolute atomic E-state index is 5.86. The van der Waals surface area contributed by atoms with Crippen molar-refractivity contribution in [2.24, 2.45) is 0 Å². The van der Waals surface area contributed by atoms with E-state index in [-0.39, 0.29) is 0 Å². The molecule has 1 aliphatic rings. The second-order valence-electron chi connectivity index (χ2n) is 2.93. The molecule has 0 saturated heterocycles. The minimum absolute atomic E-state index is 0.626. The van der Waals surface area contributed by atoms with E-state index in [1.165, 1.54) is 0 Å². The van der Waals surface area contributed by atoms with Gasteiger partial charge >= 0.3 is 0 Å². The summed E-state index contributed by atoms with van der Waals surface area (Å²) in [5.41, 5.74) is 8.05. The molecule has 0 aliphatic carbocycles. The molecule has 0 fully saturated rings. The Bertz CT molecular complexity index is 293. The SMILES string of the molecule is CCn1nc2c(c1N)COCC2. The molecule has 1 aromatic rings.